The molecule has 31 heavy (non-hydrogen) atoms. The molecule has 3 aromatic rings. The molecule has 0 aliphatic carbocycles. The molecule has 2 aromatic carbocycles. The van der Waals surface area contributed by atoms with Crippen molar-refractivity contribution < 1.29 is 4.79 Å². The van der Waals surface area contributed by atoms with Crippen molar-refractivity contribution in [3.8, 4) is 11.8 Å². The highest BCUT2D eigenvalue weighted by Crippen LogP contribution is 2.23. The summed E-state index contributed by atoms with van der Waals surface area (Å²) in [6.07, 6.45) is 1.18. The number of nitrogens with zero attached hydrogens (tertiary/aromatic N) is 4. The number of carbonyl (C=O) groups excluding carboxylic acids is 1. The molecule has 5 nitrogen and oxygen atoms in total. The lowest BCUT2D eigenvalue weighted by atomic mass is 10.1. The first-order valence-corrected chi connectivity index (χ1v) is 10.8. The standard InChI is InChI=1S/C25H27ClN4O/c1-5-12-29(16-21-9-7-20(15-27)8-10-21)25(31)14-23-18(3)28-30(19(23)4)22-11-6-17(2)24(26)13-22/h6-11,13H,5,12,14,16H2,1-4H3. The number of benzene rings is 2. The minimum atomic E-state index is 0.0684. The zero-order chi connectivity index (χ0) is 22.5. The quantitative estimate of drug-likeness (QED) is 0.506. The van der Waals surface area contributed by atoms with Gasteiger partial charge in [-0.3, -0.25) is 4.79 Å². The van der Waals surface area contributed by atoms with Crippen LogP contribution in [0.4, 0.5) is 0 Å². The van der Waals surface area contributed by atoms with Crippen LogP contribution in [-0.2, 0) is 17.8 Å². The maximum atomic E-state index is 13.2. The fraction of sp³-hybridized carbons (Fsp3) is 0.320. The molecule has 1 amide bonds. The first kappa shape index (κ1) is 22.6. The molecule has 0 aliphatic heterocycles. The molecule has 0 aliphatic rings. The van der Waals surface area contributed by atoms with Crippen LogP contribution in [0.15, 0.2) is 42.5 Å². The van der Waals surface area contributed by atoms with E-state index < -0.39 is 0 Å². The predicted molar refractivity (Wildman–Crippen MR) is 123 cm³/mol. The molecule has 0 saturated heterocycles. The van der Waals surface area contributed by atoms with Gasteiger partial charge in [-0.1, -0.05) is 36.7 Å². The topological polar surface area (TPSA) is 61.9 Å². The van der Waals surface area contributed by atoms with Gasteiger partial charge in [0.25, 0.3) is 0 Å². The van der Waals surface area contributed by atoms with Crippen LogP contribution in [0.1, 0.15) is 47.0 Å². The number of aromatic nitrogens is 2. The van der Waals surface area contributed by atoms with Crippen LogP contribution >= 0.6 is 11.6 Å². The summed E-state index contributed by atoms with van der Waals surface area (Å²) in [4.78, 5) is 15.1. The second kappa shape index (κ2) is 9.80. The molecule has 3 rings (SSSR count). The van der Waals surface area contributed by atoms with Crippen LogP contribution in [0.2, 0.25) is 5.02 Å². The molecule has 0 spiro atoms. The summed E-state index contributed by atoms with van der Waals surface area (Å²) in [5, 5.41) is 14.3. The summed E-state index contributed by atoms with van der Waals surface area (Å²) in [6.45, 7) is 9.16. The van der Waals surface area contributed by atoms with E-state index in [-0.39, 0.29) is 5.91 Å². The molecular formula is C25H27ClN4O. The molecule has 1 aromatic heterocycles. The first-order chi connectivity index (χ1) is 14.8. The van der Waals surface area contributed by atoms with Gasteiger partial charge in [0.2, 0.25) is 5.91 Å². The average Bonchev–Trinajstić information content (AvgIpc) is 3.04. The molecular weight excluding hydrogens is 408 g/mol. The smallest absolute Gasteiger partial charge is 0.227 e. The predicted octanol–water partition coefficient (Wildman–Crippen LogP) is 5.30. The van der Waals surface area contributed by atoms with Crippen molar-refractivity contribution in [1.82, 2.24) is 14.7 Å². The Morgan fingerprint density at radius 3 is 2.48 bits per heavy atom. The average molecular weight is 435 g/mol. The van der Waals surface area contributed by atoms with E-state index in [9.17, 15) is 4.79 Å². The fourth-order valence-corrected chi connectivity index (χ4v) is 3.80. The third kappa shape index (κ3) is 5.15. The highest BCUT2D eigenvalue weighted by Gasteiger charge is 2.20. The normalized spacial score (nSPS) is 10.7. The molecule has 0 saturated carbocycles. The van der Waals surface area contributed by atoms with E-state index in [0.717, 1.165) is 40.2 Å². The van der Waals surface area contributed by atoms with E-state index in [0.29, 0.717) is 30.1 Å². The largest absolute Gasteiger partial charge is 0.338 e. The molecule has 0 bridgehead atoms. The van der Waals surface area contributed by atoms with E-state index in [1.54, 1.807) is 12.1 Å². The zero-order valence-corrected chi connectivity index (χ0v) is 19.2. The van der Waals surface area contributed by atoms with E-state index in [2.05, 4.69) is 18.1 Å². The summed E-state index contributed by atoms with van der Waals surface area (Å²) in [5.74, 6) is 0.0684. The number of halogens is 1. The van der Waals surface area contributed by atoms with Gasteiger partial charge in [-0.25, -0.2) is 4.68 Å². The Morgan fingerprint density at radius 2 is 1.87 bits per heavy atom. The van der Waals surface area contributed by atoms with Crippen molar-refractivity contribution >= 4 is 17.5 Å². The summed E-state index contributed by atoms with van der Waals surface area (Å²) in [5.41, 5.74) is 6.27. The lowest BCUT2D eigenvalue weighted by Crippen LogP contribution is -2.32. The second-order valence-corrected chi connectivity index (χ2v) is 8.20. The minimum absolute atomic E-state index is 0.0684. The highest BCUT2D eigenvalue weighted by atomic mass is 35.5. The number of rotatable bonds is 7. The number of hydrogen-bond acceptors (Lipinski definition) is 3. The van der Waals surface area contributed by atoms with Gasteiger partial charge in [-0.2, -0.15) is 10.4 Å². The lowest BCUT2D eigenvalue weighted by molar-refractivity contribution is -0.131. The van der Waals surface area contributed by atoms with Crippen LogP contribution in [0.3, 0.4) is 0 Å². The van der Waals surface area contributed by atoms with Crippen molar-refractivity contribution in [1.29, 1.82) is 5.26 Å². The van der Waals surface area contributed by atoms with Crippen LogP contribution in [0, 0.1) is 32.1 Å². The molecule has 6 heteroatoms. The Hall–Kier alpha value is -3.10. The maximum Gasteiger partial charge on any atom is 0.227 e. The van der Waals surface area contributed by atoms with Crippen LogP contribution in [0.5, 0.6) is 0 Å². The summed E-state index contributed by atoms with van der Waals surface area (Å²) >= 11 is 6.30. The van der Waals surface area contributed by atoms with Gasteiger partial charge in [-0.05, 0) is 62.6 Å². The number of aryl methyl sites for hydroxylation is 2. The monoisotopic (exact) mass is 434 g/mol. The van der Waals surface area contributed by atoms with Gasteiger partial charge in [0.1, 0.15) is 0 Å². The molecule has 0 fully saturated rings. The molecule has 160 valence electrons. The Kier molecular flexibility index (Phi) is 7.14. The third-order valence-electron chi connectivity index (χ3n) is 5.47. The molecule has 0 N–H and O–H groups in total. The molecule has 0 atom stereocenters. The number of amides is 1. The fourth-order valence-electron chi connectivity index (χ4n) is 3.63. The van der Waals surface area contributed by atoms with Crippen molar-refractivity contribution in [3.05, 3.63) is 81.1 Å². The Balaban J connectivity index is 1.82. The van der Waals surface area contributed by atoms with Crippen LogP contribution < -0.4 is 0 Å². The summed E-state index contributed by atoms with van der Waals surface area (Å²) < 4.78 is 1.86. The van der Waals surface area contributed by atoms with Gasteiger partial charge >= 0.3 is 0 Å². The number of nitriles is 1. The van der Waals surface area contributed by atoms with Crippen molar-refractivity contribution in [2.75, 3.05) is 6.54 Å². The van der Waals surface area contributed by atoms with E-state index in [4.69, 9.17) is 16.9 Å². The minimum Gasteiger partial charge on any atom is -0.338 e. The second-order valence-electron chi connectivity index (χ2n) is 7.80. The summed E-state index contributed by atoms with van der Waals surface area (Å²) in [7, 11) is 0. The number of hydrogen-bond donors (Lipinski definition) is 0. The lowest BCUT2D eigenvalue weighted by Gasteiger charge is -2.22. The van der Waals surface area contributed by atoms with Gasteiger partial charge in [0.15, 0.2) is 0 Å². The molecule has 0 unspecified atom stereocenters. The van der Waals surface area contributed by atoms with Gasteiger partial charge in [0.05, 0.1) is 29.4 Å². The van der Waals surface area contributed by atoms with Gasteiger partial charge < -0.3 is 4.90 Å². The number of carbonyl (C=O) groups is 1. The third-order valence-corrected chi connectivity index (χ3v) is 5.88. The van der Waals surface area contributed by atoms with Crippen molar-refractivity contribution in [2.45, 2.75) is 47.1 Å². The zero-order valence-electron chi connectivity index (χ0n) is 18.4. The van der Waals surface area contributed by atoms with E-state index in [1.807, 2.05) is 60.7 Å². The SMILES string of the molecule is CCCN(Cc1ccc(C#N)cc1)C(=O)Cc1c(C)nn(-c2ccc(C)c(Cl)c2)c1C. The Bertz CT molecular complexity index is 1130. The maximum absolute atomic E-state index is 13.2. The van der Waals surface area contributed by atoms with Crippen LogP contribution in [0.25, 0.3) is 5.69 Å². The van der Waals surface area contributed by atoms with Gasteiger partial charge in [-0.15, -0.1) is 0 Å². The van der Waals surface area contributed by atoms with Crippen molar-refractivity contribution in [2.24, 2.45) is 0 Å². The Labute approximate surface area is 188 Å². The van der Waals surface area contributed by atoms with E-state index in [1.165, 1.54) is 0 Å². The summed E-state index contributed by atoms with van der Waals surface area (Å²) in [6, 6.07) is 15.4. The Morgan fingerprint density at radius 1 is 1.16 bits per heavy atom. The van der Waals surface area contributed by atoms with Crippen molar-refractivity contribution in [3.63, 3.8) is 0 Å². The van der Waals surface area contributed by atoms with E-state index >= 15 is 0 Å². The van der Waals surface area contributed by atoms with Crippen LogP contribution in [-0.4, -0.2) is 27.1 Å². The highest BCUT2D eigenvalue weighted by molar-refractivity contribution is 6.31. The first-order valence-electron chi connectivity index (χ1n) is 10.4. The molecule has 0 radical (unpaired) electrons. The molecule has 1 heterocycles. The van der Waals surface area contributed by atoms with Gasteiger partial charge in [0, 0.05) is 29.4 Å².